The molecule has 1 N–H and O–H groups in total. The molecule has 9 saturated carbocycles. The third-order valence-corrected chi connectivity index (χ3v) is 37.6. The van der Waals surface area contributed by atoms with Crippen LogP contribution in [0.2, 0.25) is 0 Å². The number of rotatable bonds is 3. The van der Waals surface area contributed by atoms with E-state index in [4.69, 9.17) is 33.2 Å². The molecule has 2 aliphatic heterocycles. The van der Waals surface area contributed by atoms with Gasteiger partial charge in [-0.2, -0.15) is 0 Å². The number of benzene rings is 2. The van der Waals surface area contributed by atoms with Gasteiger partial charge in [-0.25, -0.2) is 0 Å². The zero-order chi connectivity index (χ0) is 73.1. The quantitative estimate of drug-likeness (QED) is 0.230. The van der Waals surface area contributed by atoms with Crippen LogP contribution in [-0.2, 0) is 50.6 Å². The summed E-state index contributed by atoms with van der Waals surface area (Å²) in [7, 11) is 4.68. The Morgan fingerprint density at radius 3 is 1.73 bits per heavy atom. The maximum atomic E-state index is 15.7. The van der Waals surface area contributed by atoms with E-state index in [9.17, 15) is 19.5 Å². The lowest BCUT2D eigenvalue weighted by Crippen LogP contribution is -2.70. The Morgan fingerprint density at radius 1 is 0.510 bits per heavy atom. The molecule has 9 fully saturated rings. The number of carbonyl (C=O) groups is 4. The lowest BCUT2D eigenvalue weighted by molar-refractivity contribution is -0.240. The van der Waals surface area contributed by atoms with Crippen molar-refractivity contribution >= 4 is 23.7 Å². The molecular formula is C90H122O12. The largest absolute Gasteiger partial charge is 0.482 e. The highest BCUT2D eigenvalue weighted by Crippen LogP contribution is 2.82. The Morgan fingerprint density at radius 2 is 1.07 bits per heavy atom. The molecule has 554 valence electrons. The molecular weight excluding hydrogens is 1270 g/mol. The van der Waals surface area contributed by atoms with Gasteiger partial charge >= 0.3 is 23.7 Å². The van der Waals surface area contributed by atoms with Gasteiger partial charge < -0.3 is 38.3 Å². The third-order valence-electron chi connectivity index (χ3n) is 37.6. The van der Waals surface area contributed by atoms with Gasteiger partial charge in [0.15, 0.2) is 29.1 Å². The van der Waals surface area contributed by atoms with Gasteiger partial charge in [0.25, 0.3) is 0 Å². The molecule has 2 aromatic rings. The molecule has 12 nitrogen and oxygen atoms in total. The van der Waals surface area contributed by atoms with Crippen LogP contribution in [0.1, 0.15) is 292 Å². The predicted octanol–water partition coefficient (Wildman–Crippen LogP) is 19.3. The van der Waals surface area contributed by atoms with Crippen LogP contribution in [0.3, 0.4) is 0 Å². The standard InChI is InChI=1S/C90H122O12/c1-50-52-23-25-59-79(8,37-44-88(17)70-76(5,35-40-84(59,88)13)27-22-28-82(70,11)73(94)98-21)54(52)45-57-65(50)100-68-67(99-57)64-51(2)66-58(46-56(64)81(10)38-43-86(15)62-49-78(7,72(93)97-20)32-30-75(62,4)34-41-87(86,16)69(68)81)101-90(95)63(91)47-55-53(89(90,18)102-66)24-26-60-80(55,9)36-42-85(14)61-48-77(6,71(92)96-19)31-29-74(61,3)33-39-83(60,85)12/h24,26,45-47,59,61-62,67-70,95H,22-23,25,27-44,48-49H2,1-21H3/t59?,61-,62?,67+,68+,69?,70?,74-,75-,76-,77-,78-,79+,80+,81+,82?,83-,84-,85+,86+,87-,88+,89+,90-/m1/s1. The van der Waals surface area contributed by atoms with E-state index < -0.39 is 56.5 Å². The molecule has 0 aromatic heterocycles. The van der Waals surface area contributed by atoms with Crippen LogP contribution in [0, 0.1) is 114 Å². The number of aliphatic hydroxyl groups is 1. The van der Waals surface area contributed by atoms with Crippen molar-refractivity contribution in [1.29, 1.82) is 0 Å². The lowest BCUT2D eigenvalue weighted by atomic mass is 9.31. The molecule has 17 rings (SSSR count). The highest BCUT2D eigenvalue weighted by Gasteiger charge is 2.77. The zero-order valence-electron chi connectivity index (χ0n) is 66.1. The van der Waals surface area contributed by atoms with Gasteiger partial charge in [-0.05, 0) is 307 Å². The van der Waals surface area contributed by atoms with E-state index in [-0.39, 0.29) is 95.7 Å². The first kappa shape index (κ1) is 69.9. The highest BCUT2D eigenvalue weighted by molar-refractivity contribution is 6.02. The Kier molecular flexibility index (Phi) is 14.2. The first-order valence-corrected chi connectivity index (χ1v) is 40.2. The van der Waals surface area contributed by atoms with Crippen molar-refractivity contribution in [1.82, 2.24) is 0 Å². The Bertz CT molecular complexity index is 4200. The van der Waals surface area contributed by atoms with Gasteiger partial charge in [0, 0.05) is 33.4 Å². The van der Waals surface area contributed by atoms with Crippen molar-refractivity contribution in [2.24, 2.45) is 100.0 Å². The van der Waals surface area contributed by atoms with E-state index in [1.54, 1.807) is 20.3 Å². The second-order valence-corrected chi connectivity index (χ2v) is 41.7. The number of ketones is 1. The fraction of sp³-hybridized carbons (Fsp3) is 0.756. The molecule has 102 heavy (non-hydrogen) atoms. The maximum Gasteiger partial charge on any atom is 0.317 e. The van der Waals surface area contributed by atoms with E-state index in [2.05, 4.69) is 142 Å². The van der Waals surface area contributed by atoms with Crippen LogP contribution in [0.15, 0.2) is 47.1 Å². The minimum Gasteiger partial charge on any atom is -0.482 e. The van der Waals surface area contributed by atoms with E-state index in [1.165, 1.54) is 29.4 Å². The summed E-state index contributed by atoms with van der Waals surface area (Å²) < 4.78 is 48.2. The monoisotopic (exact) mass is 1390 g/mol. The molecule has 15 aliphatic rings. The van der Waals surface area contributed by atoms with Crippen molar-refractivity contribution < 1.29 is 57.4 Å². The number of esters is 3. The van der Waals surface area contributed by atoms with Gasteiger partial charge in [-0.3, -0.25) is 19.2 Å². The smallest absolute Gasteiger partial charge is 0.317 e. The SMILES string of the molecule is COC(=O)C1(C)CCC[C@]2(C)CC[C@]3(C)C4CCc5c(cc6c(c5C)O[C@@H]5C7[C@@](C)(CC[C@@]8(C)C9C[C@](C)(C(=O)OC)CC[C@]9(C)CC[C@]78C)c7cc8c(c(C)c7[C@@H]5O6)O[C@@]5(C)C6=CC=C7[C@@](C)(CC[C@@]9(C)[C@@H]%10C[C@](C)(C(=O)OC)CC[C@]%10(C)CC[C@]79C)C6=CC(=O)[C@@]5(O)O8)[C@]4(C)CC[C@@]3(C)C12. The summed E-state index contributed by atoms with van der Waals surface area (Å²) in [4.78, 5) is 57.6. The Hall–Kier alpha value is -5.10. The Labute approximate surface area is 609 Å². The normalized spacial score (nSPS) is 50.7. The number of carbonyl (C=O) groups excluding carboxylic acids is 4. The van der Waals surface area contributed by atoms with Crippen LogP contribution < -0.4 is 18.9 Å². The van der Waals surface area contributed by atoms with Gasteiger partial charge in [0.2, 0.25) is 11.4 Å². The summed E-state index contributed by atoms with van der Waals surface area (Å²) in [5, 5.41) is 13.6. The van der Waals surface area contributed by atoms with Crippen LogP contribution in [0.5, 0.6) is 23.0 Å². The maximum absolute atomic E-state index is 15.7. The number of hydrogen-bond acceptors (Lipinski definition) is 12. The van der Waals surface area contributed by atoms with Gasteiger partial charge in [-0.15, -0.1) is 0 Å². The fourth-order valence-corrected chi connectivity index (χ4v) is 31.1. The average Bonchev–Trinajstić information content (AvgIpc) is 0.467. The molecule has 24 atom stereocenters. The molecule has 0 spiro atoms. The molecule has 2 heterocycles. The first-order valence-electron chi connectivity index (χ1n) is 40.2. The summed E-state index contributed by atoms with van der Waals surface area (Å²) in [5.74, 6) is 0.388. The molecule has 0 radical (unpaired) electrons. The zero-order valence-corrected chi connectivity index (χ0v) is 66.1. The van der Waals surface area contributed by atoms with Crippen LogP contribution >= 0.6 is 0 Å². The van der Waals surface area contributed by atoms with Crippen molar-refractivity contribution in [3.63, 3.8) is 0 Å². The van der Waals surface area contributed by atoms with Crippen LogP contribution in [0.25, 0.3) is 0 Å². The second kappa shape index (κ2) is 20.8. The van der Waals surface area contributed by atoms with Crippen molar-refractivity contribution in [3.05, 3.63) is 80.5 Å². The van der Waals surface area contributed by atoms with E-state index in [0.717, 1.165) is 187 Å². The number of hydrogen-bond donors (Lipinski definition) is 1. The predicted molar refractivity (Wildman–Crippen MR) is 393 cm³/mol. The van der Waals surface area contributed by atoms with Gasteiger partial charge in [0.1, 0.15) is 6.10 Å². The first-order chi connectivity index (χ1) is 47.5. The topological polar surface area (TPSA) is 153 Å². The average molecular weight is 1400 g/mol. The second-order valence-electron chi connectivity index (χ2n) is 41.7. The highest BCUT2D eigenvalue weighted by atomic mass is 16.7. The summed E-state index contributed by atoms with van der Waals surface area (Å²) in [5.41, 5.74) is 4.51. The molecule has 2 aromatic carbocycles. The minimum absolute atomic E-state index is 0.0353. The molecule has 0 saturated heterocycles. The fourth-order valence-electron chi connectivity index (χ4n) is 31.1. The molecule has 5 unspecified atom stereocenters. The lowest BCUT2D eigenvalue weighted by Gasteiger charge is -2.73. The number of ether oxygens (including phenoxy) is 7. The molecule has 13 aliphatic carbocycles. The summed E-state index contributed by atoms with van der Waals surface area (Å²) in [6.07, 6.45) is 27.3. The van der Waals surface area contributed by atoms with E-state index in [0.29, 0.717) is 17.4 Å². The number of fused-ring (bicyclic) bond motifs is 28. The van der Waals surface area contributed by atoms with Gasteiger partial charge in [-0.1, -0.05) is 107 Å². The Balaban J connectivity index is 0.794. The van der Waals surface area contributed by atoms with Crippen LogP contribution in [-0.4, -0.2) is 67.6 Å². The third kappa shape index (κ3) is 7.93. The number of allylic oxidation sites excluding steroid dienone is 3. The molecule has 0 bridgehead atoms. The summed E-state index contributed by atoms with van der Waals surface area (Å²) >= 11 is 0. The van der Waals surface area contributed by atoms with Crippen molar-refractivity contribution in [3.8, 4) is 23.0 Å². The number of methoxy groups -OCH3 is 3. The minimum atomic E-state index is -2.40. The van der Waals surface area contributed by atoms with Gasteiger partial charge in [0.05, 0.1) is 37.6 Å². The molecule has 12 heteroatoms. The summed E-state index contributed by atoms with van der Waals surface area (Å²) in [6.45, 7) is 43.1. The summed E-state index contributed by atoms with van der Waals surface area (Å²) in [6, 6.07) is 4.58. The van der Waals surface area contributed by atoms with Crippen molar-refractivity contribution in [2.45, 2.75) is 307 Å². The van der Waals surface area contributed by atoms with E-state index in [1.807, 2.05) is 6.92 Å². The van der Waals surface area contributed by atoms with Crippen molar-refractivity contribution in [2.75, 3.05) is 21.3 Å². The van der Waals surface area contributed by atoms with E-state index >= 15 is 4.79 Å². The van der Waals surface area contributed by atoms with Crippen LogP contribution in [0.4, 0.5) is 0 Å². The molecule has 0 amide bonds.